The molecule has 0 aliphatic heterocycles. The minimum absolute atomic E-state index is 0.0976. The molecule has 1 aromatic carbocycles. The Kier molecular flexibility index (Phi) is 11.1. The van der Waals surface area contributed by atoms with Crippen LogP contribution in [0.5, 0.6) is 5.75 Å². The van der Waals surface area contributed by atoms with Gasteiger partial charge in [0.1, 0.15) is 11.6 Å². The lowest BCUT2D eigenvalue weighted by Crippen LogP contribution is -2.37. The van der Waals surface area contributed by atoms with Crippen LogP contribution in [0, 0.1) is 11.7 Å². The number of hydrogen-bond donors (Lipinski definition) is 0. The van der Waals surface area contributed by atoms with Crippen LogP contribution >= 0.6 is 0 Å². The molecule has 1 fully saturated rings. The van der Waals surface area contributed by atoms with Gasteiger partial charge in [0, 0.05) is 17.8 Å². The zero-order chi connectivity index (χ0) is 25.1. The van der Waals surface area contributed by atoms with Gasteiger partial charge in [0.2, 0.25) is 0 Å². The number of pyridine rings is 1. The summed E-state index contributed by atoms with van der Waals surface area (Å²) in [6, 6.07) is 9.51. The summed E-state index contributed by atoms with van der Waals surface area (Å²) in [4.78, 5) is 4.80. The number of hydrogen-bond acceptors (Lipinski definition) is 2. The van der Waals surface area contributed by atoms with E-state index in [4.69, 9.17) is 9.72 Å². The van der Waals surface area contributed by atoms with Crippen LogP contribution in [0.4, 0.5) is 4.39 Å². The molecule has 0 amide bonds. The Balaban J connectivity index is 1.74. The average molecular weight is 482 g/mol. The van der Waals surface area contributed by atoms with Gasteiger partial charge in [-0.2, -0.15) is 0 Å². The number of aromatic nitrogens is 1. The first-order valence-corrected chi connectivity index (χ1v) is 14.5. The van der Waals surface area contributed by atoms with E-state index < -0.39 is 0 Å². The Morgan fingerprint density at radius 3 is 2.23 bits per heavy atom. The summed E-state index contributed by atoms with van der Waals surface area (Å²) in [7, 11) is 0. The second-order valence-corrected chi connectivity index (χ2v) is 10.8. The Bertz CT molecular complexity index is 866. The van der Waals surface area contributed by atoms with Crippen molar-refractivity contribution in [3.8, 4) is 17.0 Å². The van der Waals surface area contributed by atoms with Crippen molar-refractivity contribution in [2.45, 2.75) is 129 Å². The van der Waals surface area contributed by atoms with Gasteiger partial charge in [0.15, 0.2) is 0 Å². The highest BCUT2D eigenvalue weighted by Crippen LogP contribution is 2.48. The van der Waals surface area contributed by atoms with E-state index in [1.54, 1.807) is 0 Å². The van der Waals surface area contributed by atoms with E-state index in [0.717, 1.165) is 12.8 Å². The zero-order valence-corrected chi connectivity index (χ0v) is 22.8. The highest BCUT2D eigenvalue weighted by Gasteiger charge is 2.40. The standard InChI is InChI=1S/C32H48FNO/c1-5-8-9-11-16-25(4)35-28-18-19-29(30(33)23-28)31-20-17-27(24-34-31)32(21-12-10-13-22-32)26(14-6-2)15-7-3/h17-20,23-26H,5-16,21-22H2,1-4H3/t25-/m0/s1. The van der Waals surface area contributed by atoms with Crippen LogP contribution in [0.1, 0.15) is 123 Å². The lowest BCUT2D eigenvalue weighted by molar-refractivity contribution is 0.167. The molecule has 35 heavy (non-hydrogen) atoms. The summed E-state index contributed by atoms with van der Waals surface area (Å²) >= 11 is 0. The number of unbranched alkanes of at least 4 members (excludes halogenated alkanes) is 3. The highest BCUT2D eigenvalue weighted by atomic mass is 19.1. The molecule has 194 valence electrons. The average Bonchev–Trinajstić information content (AvgIpc) is 2.87. The summed E-state index contributed by atoms with van der Waals surface area (Å²) in [5.41, 5.74) is 2.86. The first kappa shape index (κ1) is 27.7. The van der Waals surface area contributed by atoms with Crippen molar-refractivity contribution >= 4 is 0 Å². The van der Waals surface area contributed by atoms with Crippen molar-refractivity contribution in [3.05, 3.63) is 47.9 Å². The molecule has 1 aromatic heterocycles. The van der Waals surface area contributed by atoms with Gasteiger partial charge in [-0.05, 0) is 80.5 Å². The molecule has 3 rings (SSSR count). The predicted octanol–water partition coefficient (Wildman–Crippen LogP) is 10.0. The van der Waals surface area contributed by atoms with Crippen molar-refractivity contribution in [1.82, 2.24) is 4.98 Å². The van der Waals surface area contributed by atoms with Crippen LogP contribution in [-0.2, 0) is 5.41 Å². The molecule has 1 atom stereocenters. The summed E-state index contributed by atoms with van der Waals surface area (Å²) < 4.78 is 21.1. The minimum atomic E-state index is -0.261. The number of rotatable bonds is 14. The van der Waals surface area contributed by atoms with E-state index in [1.807, 2.05) is 18.2 Å². The fourth-order valence-corrected chi connectivity index (χ4v) is 6.28. The maximum absolute atomic E-state index is 15.1. The molecule has 1 saturated carbocycles. The molecule has 0 saturated heterocycles. The van der Waals surface area contributed by atoms with Gasteiger partial charge >= 0.3 is 0 Å². The van der Waals surface area contributed by atoms with E-state index in [9.17, 15) is 0 Å². The Labute approximate surface area is 214 Å². The molecular weight excluding hydrogens is 433 g/mol. The van der Waals surface area contributed by atoms with Gasteiger partial charge in [-0.1, -0.05) is 78.2 Å². The van der Waals surface area contributed by atoms with Gasteiger partial charge in [-0.3, -0.25) is 4.98 Å². The highest BCUT2D eigenvalue weighted by molar-refractivity contribution is 5.61. The second-order valence-electron chi connectivity index (χ2n) is 10.8. The first-order valence-electron chi connectivity index (χ1n) is 14.5. The molecule has 0 N–H and O–H groups in total. The summed E-state index contributed by atoms with van der Waals surface area (Å²) in [6.07, 6.45) is 19.5. The zero-order valence-electron chi connectivity index (χ0n) is 22.8. The molecule has 1 aliphatic carbocycles. The smallest absolute Gasteiger partial charge is 0.136 e. The van der Waals surface area contributed by atoms with Gasteiger partial charge in [0.25, 0.3) is 0 Å². The Morgan fingerprint density at radius 1 is 0.886 bits per heavy atom. The minimum Gasteiger partial charge on any atom is -0.491 e. The summed E-state index contributed by atoms with van der Waals surface area (Å²) in [6.45, 7) is 8.91. The third kappa shape index (κ3) is 7.30. The Morgan fingerprint density at radius 2 is 1.63 bits per heavy atom. The quantitative estimate of drug-likeness (QED) is 0.250. The number of nitrogens with zero attached hydrogens (tertiary/aromatic N) is 1. The van der Waals surface area contributed by atoms with Crippen LogP contribution < -0.4 is 4.74 Å². The fraction of sp³-hybridized carbons (Fsp3) is 0.656. The lowest BCUT2D eigenvalue weighted by atomic mass is 9.60. The first-order chi connectivity index (χ1) is 17.0. The predicted molar refractivity (Wildman–Crippen MR) is 147 cm³/mol. The van der Waals surface area contributed by atoms with Crippen LogP contribution in [0.25, 0.3) is 11.3 Å². The number of benzene rings is 1. The molecule has 1 heterocycles. The van der Waals surface area contributed by atoms with Crippen LogP contribution in [0.3, 0.4) is 0 Å². The van der Waals surface area contributed by atoms with Crippen molar-refractivity contribution < 1.29 is 9.13 Å². The Hall–Kier alpha value is -1.90. The van der Waals surface area contributed by atoms with Gasteiger partial charge in [0.05, 0.1) is 11.8 Å². The number of halogens is 1. The van der Waals surface area contributed by atoms with Gasteiger partial charge in [-0.25, -0.2) is 4.39 Å². The molecule has 2 nitrogen and oxygen atoms in total. The van der Waals surface area contributed by atoms with Crippen molar-refractivity contribution in [3.63, 3.8) is 0 Å². The SMILES string of the molecule is CCCCCC[C@H](C)Oc1ccc(-c2ccc(C3(C(CCC)CCC)CCCCC3)cn2)c(F)c1. The van der Waals surface area contributed by atoms with Crippen LogP contribution in [0.15, 0.2) is 36.5 Å². The van der Waals surface area contributed by atoms with Crippen molar-refractivity contribution in [1.29, 1.82) is 0 Å². The molecule has 2 aromatic rings. The number of ether oxygens (including phenoxy) is 1. The van der Waals surface area contributed by atoms with E-state index in [2.05, 4.69) is 40.0 Å². The largest absolute Gasteiger partial charge is 0.491 e. The maximum atomic E-state index is 15.1. The van der Waals surface area contributed by atoms with Gasteiger partial charge < -0.3 is 4.74 Å². The maximum Gasteiger partial charge on any atom is 0.136 e. The van der Waals surface area contributed by atoms with E-state index >= 15 is 4.39 Å². The fourth-order valence-electron chi connectivity index (χ4n) is 6.28. The van der Waals surface area contributed by atoms with Gasteiger partial charge in [-0.15, -0.1) is 0 Å². The van der Waals surface area contributed by atoms with Crippen molar-refractivity contribution in [2.24, 2.45) is 5.92 Å². The normalized spacial score (nSPS) is 16.4. The van der Waals surface area contributed by atoms with E-state index in [-0.39, 0.29) is 17.3 Å². The molecule has 0 radical (unpaired) electrons. The van der Waals surface area contributed by atoms with E-state index in [1.165, 1.54) is 88.7 Å². The van der Waals surface area contributed by atoms with Crippen molar-refractivity contribution in [2.75, 3.05) is 0 Å². The monoisotopic (exact) mass is 481 g/mol. The third-order valence-electron chi connectivity index (χ3n) is 8.16. The molecule has 1 aliphatic rings. The van der Waals surface area contributed by atoms with E-state index in [0.29, 0.717) is 22.9 Å². The van der Waals surface area contributed by atoms with Crippen LogP contribution in [0.2, 0.25) is 0 Å². The molecule has 0 spiro atoms. The van der Waals surface area contributed by atoms with Crippen LogP contribution in [-0.4, -0.2) is 11.1 Å². The molecule has 0 unspecified atom stereocenters. The molecule has 3 heteroatoms. The third-order valence-corrected chi connectivity index (χ3v) is 8.16. The summed E-state index contributed by atoms with van der Waals surface area (Å²) in [5.74, 6) is 1.06. The topological polar surface area (TPSA) is 22.1 Å². The molecule has 0 bridgehead atoms. The molecular formula is C32H48FNO. The second kappa shape index (κ2) is 14.0. The summed E-state index contributed by atoms with van der Waals surface area (Å²) in [5, 5.41) is 0. The lowest BCUT2D eigenvalue weighted by Gasteiger charge is -2.44.